The molecule has 3 N–H and O–H groups in total. The Kier molecular flexibility index (Phi) is 4.75. The van der Waals surface area contributed by atoms with Crippen molar-refractivity contribution in [2.45, 2.75) is 19.1 Å². The first-order chi connectivity index (χ1) is 8.21. The molecule has 100 valence electrons. The molecule has 1 aromatic carbocycles. The van der Waals surface area contributed by atoms with Crippen LogP contribution in [-0.4, -0.2) is 18.5 Å². The summed E-state index contributed by atoms with van der Waals surface area (Å²) in [5.74, 6) is -0.785. The van der Waals surface area contributed by atoms with Gasteiger partial charge in [-0.2, -0.15) is 13.2 Å². The maximum atomic E-state index is 12.8. The smallest absolute Gasteiger partial charge is 0.350 e. The second-order valence-electron chi connectivity index (χ2n) is 3.87. The van der Waals surface area contributed by atoms with E-state index in [9.17, 15) is 18.0 Å². The van der Waals surface area contributed by atoms with Crippen molar-refractivity contribution in [2.75, 3.05) is 6.54 Å². The zero-order valence-corrected chi connectivity index (χ0v) is 11.1. The molecule has 0 saturated carbocycles. The van der Waals surface area contributed by atoms with Crippen molar-refractivity contribution in [2.24, 2.45) is 5.73 Å². The van der Waals surface area contributed by atoms with Gasteiger partial charge in [0.1, 0.15) is 0 Å². The first-order valence-electron chi connectivity index (χ1n) is 5.12. The molecule has 3 nitrogen and oxygen atoms in total. The van der Waals surface area contributed by atoms with Crippen LogP contribution >= 0.6 is 15.9 Å². The highest BCUT2D eigenvalue weighted by Crippen LogP contribution is 2.33. The van der Waals surface area contributed by atoms with Gasteiger partial charge in [-0.1, -0.05) is 15.9 Å². The minimum Gasteiger partial charge on any atom is -0.350 e. The van der Waals surface area contributed by atoms with Gasteiger partial charge in [-0.25, -0.2) is 0 Å². The third-order valence-corrected chi connectivity index (χ3v) is 2.61. The van der Waals surface area contributed by atoms with Crippen LogP contribution in [0.1, 0.15) is 22.8 Å². The molecular weight excluding hydrogens is 313 g/mol. The van der Waals surface area contributed by atoms with Crippen molar-refractivity contribution in [3.05, 3.63) is 33.8 Å². The Labute approximate surface area is 111 Å². The van der Waals surface area contributed by atoms with E-state index in [0.29, 0.717) is 0 Å². The average Bonchev–Trinajstić information content (AvgIpc) is 2.24. The second-order valence-corrected chi connectivity index (χ2v) is 4.79. The number of carbonyl (C=O) groups is 1. The molecule has 1 amide bonds. The van der Waals surface area contributed by atoms with E-state index in [1.54, 1.807) is 6.92 Å². The third-order valence-electron chi connectivity index (χ3n) is 2.12. The van der Waals surface area contributed by atoms with E-state index in [1.165, 1.54) is 6.07 Å². The number of benzene rings is 1. The zero-order valence-electron chi connectivity index (χ0n) is 9.51. The summed E-state index contributed by atoms with van der Waals surface area (Å²) < 4.78 is 38.5. The van der Waals surface area contributed by atoms with E-state index in [2.05, 4.69) is 21.2 Å². The summed E-state index contributed by atoms with van der Waals surface area (Å²) in [6.07, 6.45) is -4.58. The van der Waals surface area contributed by atoms with Crippen LogP contribution < -0.4 is 11.1 Å². The molecule has 0 radical (unpaired) electrons. The Bertz CT molecular complexity index is 446. The molecule has 1 atom stereocenters. The van der Waals surface area contributed by atoms with Crippen LogP contribution in [0.4, 0.5) is 13.2 Å². The van der Waals surface area contributed by atoms with E-state index in [4.69, 9.17) is 5.73 Å². The maximum absolute atomic E-state index is 12.8. The summed E-state index contributed by atoms with van der Waals surface area (Å²) >= 11 is 2.95. The molecule has 0 aliphatic carbocycles. The SMILES string of the molecule is CC(N)CNC(=O)c1ccc(Br)cc1C(F)(F)F. The lowest BCUT2D eigenvalue weighted by atomic mass is 10.1. The van der Waals surface area contributed by atoms with E-state index in [-0.39, 0.29) is 17.1 Å². The summed E-state index contributed by atoms with van der Waals surface area (Å²) in [5.41, 5.74) is 4.04. The van der Waals surface area contributed by atoms with E-state index in [0.717, 1.165) is 12.1 Å². The molecule has 0 aliphatic heterocycles. The number of nitrogens with two attached hydrogens (primary N) is 1. The van der Waals surface area contributed by atoms with Crippen LogP contribution in [0.25, 0.3) is 0 Å². The predicted octanol–water partition coefficient (Wildman–Crippen LogP) is 2.54. The van der Waals surface area contributed by atoms with Gasteiger partial charge in [-0.05, 0) is 25.1 Å². The molecule has 1 aromatic rings. The number of amides is 1. The summed E-state index contributed by atoms with van der Waals surface area (Å²) in [7, 11) is 0. The molecule has 0 aliphatic rings. The van der Waals surface area contributed by atoms with Crippen LogP contribution in [0.2, 0.25) is 0 Å². The van der Waals surface area contributed by atoms with Gasteiger partial charge in [0.2, 0.25) is 0 Å². The van der Waals surface area contributed by atoms with Gasteiger partial charge in [0.15, 0.2) is 0 Å². The van der Waals surface area contributed by atoms with Crippen LogP contribution in [0.5, 0.6) is 0 Å². The monoisotopic (exact) mass is 324 g/mol. The molecule has 0 heterocycles. The number of carbonyl (C=O) groups excluding carboxylic acids is 1. The number of hydrogen-bond donors (Lipinski definition) is 2. The highest BCUT2D eigenvalue weighted by atomic mass is 79.9. The molecular formula is C11H12BrF3N2O. The van der Waals surface area contributed by atoms with E-state index in [1.807, 2.05) is 0 Å². The van der Waals surface area contributed by atoms with E-state index < -0.39 is 23.2 Å². The van der Waals surface area contributed by atoms with Crippen molar-refractivity contribution in [3.63, 3.8) is 0 Å². The Morgan fingerprint density at radius 3 is 2.61 bits per heavy atom. The van der Waals surface area contributed by atoms with Crippen molar-refractivity contribution >= 4 is 21.8 Å². The lowest BCUT2D eigenvalue weighted by molar-refractivity contribution is -0.138. The molecule has 0 aromatic heterocycles. The van der Waals surface area contributed by atoms with Gasteiger partial charge in [-0.3, -0.25) is 4.79 Å². The molecule has 0 bridgehead atoms. The van der Waals surface area contributed by atoms with Gasteiger partial charge < -0.3 is 11.1 Å². The standard InChI is InChI=1S/C11H12BrF3N2O/c1-6(16)5-17-10(18)8-3-2-7(12)4-9(8)11(13,14)15/h2-4,6H,5,16H2,1H3,(H,17,18). The highest BCUT2D eigenvalue weighted by Gasteiger charge is 2.35. The first kappa shape index (κ1) is 15.0. The maximum Gasteiger partial charge on any atom is 0.417 e. The third kappa shape index (κ3) is 3.99. The largest absolute Gasteiger partial charge is 0.417 e. The summed E-state index contributed by atoms with van der Waals surface area (Å²) in [5, 5.41) is 2.35. The minimum atomic E-state index is -4.58. The first-order valence-corrected chi connectivity index (χ1v) is 5.91. The van der Waals surface area contributed by atoms with Gasteiger partial charge in [0.25, 0.3) is 5.91 Å². The van der Waals surface area contributed by atoms with Gasteiger partial charge in [0.05, 0.1) is 11.1 Å². The predicted molar refractivity (Wildman–Crippen MR) is 65.1 cm³/mol. The van der Waals surface area contributed by atoms with Crippen molar-refractivity contribution in [3.8, 4) is 0 Å². The van der Waals surface area contributed by atoms with E-state index >= 15 is 0 Å². The van der Waals surface area contributed by atoms with Gasteiger partial charge in [0, 0.05) is 17.1 Å². The van der Waals surface area contributed by atoms with Crippen LogP contribution in [0.15, 0.2) is 22.7 Å². The number of rotatable bonds is 3. The van der Waals surface area contributed by atoms with Crippen LogP contribution in [-0.2, 0) is 6.18 Å². The number of halogens is 4. The van der Waals surface area contributed by atoms with Crippen molar-refractivity contribution in [1.29, 1.82) is 0 Å². The minimum absolute atomic E-state index is 0.117. The molecule has 0 fully saturated rings. The zero-order chi connectivity index (χ0) is 13.9. The Morgan fingerprint density at radius 2 is 2.11 bits per heavy atom. The molecule has 1 unspecified atom stereocenters. The summed E-state index contributed by atoms with van der Waals surface area (Å²) in [4.78, 5) is 11.6. The quantitative estimate of drug-likeness (QED) is 0.897. The summed E-state index contributed by atoms with van der Waals surface area (Å²) in [6, 6.07) is 3.07. The number of nitrogens with one attached hydrogen (secondary N) is 1. The van der Waals surface area contributed by atoms with Crippen LogP contribution in [0, 0.1) is 0 Å². The Hall–Kier alpha value is -1.08. The molecule has 18 heavy (non-hydrogen) atoms. The normalized spacial score (nSPS) is 13.2. The van der Waals surface area contributed by atoms with Crippen LogP contribution in [0.3, 0.4) is 0 Å². The van der Waals surface area contributed by atoms with Crippen molar-refractivity contribution < 1.29 is 18.0 Å². The highest BCUT2D eigenvalue weighted by molar-refractivity contribution is 9.10. The Morgan fingerprint density at radius 1 is 1.50 bits per heavy atom. The summed E-state index contributed by atoms with van der Waals surface area (Å²) in [6.45, 7) is 1.76. The van der Waals surface area contributed by atoms with Gasteiger partial charge >= 0.3 is 6.18 Å². The molecule has 1 rings (SSSR count). The second kappa shape index (κ2) is 5.71. The molecule has 0 saturated heterocycles. The lowest BCUT2D eigenvalue weighted by Gasteiger charge is -2.14. The van der Waals surface area contributed by atoms with Crippen molar-refractivity contribution in [1.82, 2.24) is 5.32 Å². The molecule has 7 heteroatoms. The van der Waals surface area contributed by atoms with Gasteiger partial charge in [-0.15, -0.1) is 0 Å². The fourth-order valence-corrected chi connectivity index (χ4v) is 1.66. The molecule has 0 spiro atoms. The fourth-order valence-electron chi connectivity index (χ4n) is 1.30. The number of alkyl halides is 3. The fraction of sp³-hybridized carbons (Fsp3) is 0.364. The Balaban J connectivity index is 3.05. The lowest BCUT2D eigenvalue weighted by Crippen LogP contribution is -2.36. The average molecular weight is 325 g/mol. The number of hydrogen-bond acceptors (Lipinski definition) is 2. The topological polar surface area (TPSA) is 55.1 Å².